The van der Waals surface area contributed by atoms with Crippen LogP contribution in [-0.2, 0) is 0 Å². The summed E-state index contributed by atoms with van der Waals surface area (Å²) < 4.78 is 14.6. The quantitative estimate of drug-likeness (QED) is 0.573. The van der Waals surface area contributed by atoms with E-state index in [1.165, 1.54) is 0 Å². The average molecular weight is 258 g/mol. The Balaban J connectivity index is 2.32. The molecule has 0 atom stereocenters. The summed E-state index contributed by atoms with van der Waals surface area (Å²) in [7, 11) is 0. The Morgan fingerprint density at radius 2 is 1.50 bits per heavy atom. The SMILES string of the molecule is [CH3][Bi]([CH3])[F]. The van der Waals surface area contributed by atoms with Crippen LogP contribution in [0.3, 0.4) is 0 Å². The first-order valence-corrected chi connectivity index (χ1v) is 9.33. The Kier molecular flexibility index (Phi) is 2.50. The van der Waals surface area contributed by atoms with Crippen molar-refractivity contribution in [2.75, 3.05) is 0 Å². The first-order valence-electron chi connectivity index (χ1n) is 1.06. The molecule has 0 aliphatic carbocycles. The Morgan fingerprint density at radius 1 is 1.50 bits per heavy atom. The van der Waals surface area contributed by atoms with Crippen LogP contribution in [0.15, 0.2) is 0 Å². The van der Waals surface area contributed by atoms with E-state index in [-0.39, 0.29) is 0 Å². The van der Waals surface area contributed by atoms with E-state index in [4.69, 9.17) is 0 Å². The first-order chi connectivity index (χ1) is 1.73. The maximum atomic E-state index is 11.2. The summed E-state index contributed by atoms with van der Waals surface area (Å²) in [6, 6.07) is 0. The topological polar surface area (TPSA) is 0 Å². The van der Waals surface area contributed by atoms with Crippen molar-refractivity contribution in [3.8, 4) is 0 Å². The number of hydrogen-bond donors (Lipinski definition) is 0. The molecule has 26 valence electrons. The van der Waals surface area contributed by atoms with Crippen LogP contribution in [0.2, 0.25) is 9.26 Å². The third kappa shape index (κ3) is 14.0. The summed E-state index contributed by atoms with van der Waals surface area (Å²) in [6.07, 6.45) is 0. The Morgan fingerprint density at radius 3 is 1.50 bits per heavy atom. The number of halogens is 1. The van der Waals surface area contributed by atoms with Crippen LogP contribution in [-0.4, -0.2) is 22.4 Å². The first kappa shape index (κ1) is 4.81. The summed E-state index contributed by atoms with van der Waals surface area (Å²) in [5.74, 6) is 0. The van der Waals surface area contributed by atoms with Gasteiger partial charge in [0.1, 0.15) is 0 Å². The van der Waals surface area contributed by atoms with Gasteiger partial charge in [-0.2, -0.15) is 0 Å². The van der Waals surface area contributed by atoms with E-state index >= 15 is 0 Å². The molecule has 0 heterocycles. The van der Waals surface area contributed by atoms with Crippen molar-refractivity contribution in [3.05, 3.63) is 0 Å². The molecule has 0 radical (unpaired) electrons. The molecule has 0 nitrogen and oxygen atoms in total. The van der Waals surface area contributed by atoms with Gasteiger partial charge in [-0.05, 0) is 0 Å². The molecule has 0 aromatic rings. The molecule has 0 saturated heterocycles. The van der Waals surface area contributed by atoms with Crippen molar-refractivity contribution in [1.29, 1.82) is 0 Å². The summed E-state index contributed by atoms with van der Waals surface area (Å²) in [6.45, 7) is 0. The van der Waals surface area contributed by atoms with Crippen molar-refractivity contribution < 1.29 is 2.63 Å². The van der Waals surface area contributed by atoms with Crippen LogP contribution >= 0.6 is 0 Å². The van der Waals surface area contributed by atoms with Crippen LogP contribution < -0.4 is 0 Å². The van der Waals surface area contributed by atoms with Crippen LogP contribution in [0.5, 0.6) is 0 Å². The predicted molar refractivity (Wildman–Crippen MR) is 18.6 cm³/mol. The Labute approximate surface area is 34.6 Å². The van der Waals surface area contributed by atoms with E-state index in [0.717, 1.165) is 0 Å². The van der Waals surface area contributed by atoms with E-state index in [1.54, 1.807) is 9.26 Å². The van der Waals surface area contributed by atoms with E-state index in [1.807, 2.05) is 0 Å². The Hall–Kier alpha value is 0.813. The van der Waals surface area contributed by atoms with Crippen molar-refractivity contribution in [1.82, 2.24) is 0 Å². The standard InChI is InChI=1S/2CH3.Bi.FH/h2*1H3;;1H/q;;+1;/p-1. The van der Waals surface area contributed by atoms with Gasteiger partial charge in [0.05, 0.1) is 0 Å². The minimum atomic E-state index is -2.09. The molecule has 0 aromatic carbocycles. The fourth-order valence-corrected chi connectivity index (χ4v) is 0. The van der Waals surface area contributed by atoms with Gasteiger partial charge in [-0.3, -0.25) is 0 Å². The monoisotopic (exact) mass is 258 g/mol. The minimum absolute atomic E-state index is 1.70. The van der Waals surface area contributed by atoms with Gasteiger partial charge in [0.2, 0.25) is 0 Å². The van der Waals surface area contributed by atoms with Gasteiger partial charge >= 0.3 is 34.2 Å². The van der Waals surface area contributed by atoms with Gasteiger partial charge in [-0.25, -0.2) is 0 Å². The second-order valence-electron chi connectivity index (χ2n) is 0.785. The molecule has 0 unspecified atom stereocenters. The van der Waals surface area contributed by atoms with Gasteiger partial charge in [-0.15, -0.1) is 0 Å². The summed E-state index contributed by atoms with van der Waals surface area (Å²) in [4.78, 5) is 0. The zero-order valence-electron chi connectivity index (χ0n) is 2.83. The summed E-state index contributed by atoms with van der Waals surface area (Å²) >= 11 is -2.09. The van der Waals surface area contributed by atoms with Crippen molar-refractivity contribution >= 4 is 22.4 Å². The van der Waals surface area contributed by atoms with Crippen molar-refractivity contribution in [3.63, 3.8) is 0 Å². The number of rotatable bonds is 0. The van der Waals surface area contributed by atoms with Gasteiger partial charge in [-0.1, -0.05) is 0 Å². The van der Waals surface area contributed by atoms with Crippen LogP contribution in [0, 0.1) is 0 Å². The van der Waals surface area contributed by atoms with E-state index < -0.39 is 22.4 Å². The average Bonchev–Trinajstić information content (AvgIpc) is 0.811. The molecule has 0 spiro atoms. The Bertz CT molecular complexity index is 10.8. The third-order valence-corrected chi connectivity index (χ3v) is 0. The summed E-state index contributed by atoms with van der Waals surface area (Å²) in [5, 5.41) is 0. The molecule has 0 rings (SSSR count). The normalized spacial score (nSPS) is 9.00. The van der Waals surface area contributed by atoms with Crippen molar-refractivity contribution in [2.45, 2.75) is 9.26 Å². The summed E-state index contributed by atoms with van der Waals surface area (Å²) in [5.41, 5.74) is 0. The zero-order valence-corrected chi connectivity index (χ0v) is 6.30. The fraction of sp³-hybridized carbons (Fsp3) is 1.00. The second kappa shape index (κ2) is 2.08. The molecular weight excluding hydrogens is 252 g/mol. The van der Waals surface area contributed by atoms with Gasteiger partial charge in [0.15, 0.2) is 0 Å². The van der Waals surface area contributed by atoms with E-state index in [9.17, 15) is 2.63 Å². The van der Waals surface area contributed by atoms with Crippen LogP contribution in [0.4, 0.5) is 2.63 Å². The molecule has 0 saturated carbocycles. The molecule has 2 heteroatoms. The van der Waals surface area contributed by atoms with Crippen LogP contribution in [0.1, 0.15) is 0 Å². The molecule has 0 bridgehead atoms. The van der Waals surface area contributed by atoms with Crippen LogP contribution in [0.25, 0.3) is 0 Å². The van der Waals surface area contributed by atoms with E-state index in [2.05, 4.69) is 0 Å². The number of hydrogen-bond acceptors (Lipinski definition) is 0. The van der Waals surface area contributed by atoms with Gasteiger partial charge in [0.25, 0.3) is 0 Å². The molecule has 4 heavy (non-hydrogen) atoms. The molecule has 0 fully saturated rings. The predicted octanol–water partition coefficient (Wildman–Crippen LogP) is 1.21. The zero-order chi connectivity index (χ0) is 3.58. The molecule has 0 aromatic heterocycles. The van der Waals surface area contributed by atoms with Gasteiger partial charge in [0, 0.05) is 0 Å². The van der Waals surface area contributed by atoms with Crippen molar-refractivity contribution in [2.24, 2.45) is 0 Å². The fourth-order valence-electron chi connectivity index (χ4n) is 0. The molecule has 0 amide bonds. The third-order valence-electron chi connectivity index (χ3n) is 0. The maximum absolute atomic E-state index is 11.2. The second-order valence-corrected chi connectivity index (χ2v) is 6.89. The van der Waals surface area contributed by atoms with Gasteiger partial charge < -0.3 is 0 Å². The molecule has 0 aliphatic rings. The molecule has 0 N–H and O–H groups in total. The molecular formula is C2H6BiF. The molecule has 0 aliphatic heterocycles. The van der Waals surface area contributed by atoms with E-state index in [0.29, 0.717) is 0 Å².